The molecule has 0 spiro atoms. The highest BCUT2D eigenvalue weighted by atomic mass is 32.1. The number of amides is 1. The minimum Gasteiger partial charge on any atom is -0.449 e. The zero-order valence-electron chi connectivity index (χ0n) is 17.4. The number of nitrogens with zero attached hydrogens (tertiary/aromatic N) is 1. The molecule has 1 atom stereocenters. The molecular formula is C25H24N2O3S. The van der Waals surface area contributed by atoms with Gasteiger partial charge in [0.05, 0.1) is 16.8 Å². The van der Waals surface area contributed by atoms with Gasteiger partial charge in [-0.15, -0.1) is 17.9 Å². The second-order valence-corrected chi connectivity index (χ2v) is 8.43. The van der Waals surface area contributed by atoms with E-state index in [0.29, 0.717) is 12.1 Å². The third-order valence-corrected chi connectivity index (χ3v) is 6.13. The second-order valence-electron chi connectivity index (χ2n) is 7.45. The maximum absolute atomic E-state index is 13.3. The number of thiophene rings is 1. The van der Waals surface area contributed by atoms with Gasteiger partial charge in [-0.2, -0.15) is 0 Å². The molecule has 1 aromatic carbocycles. The van der Waals surface area contributed by atoms with E-state index < -0.39 is 12.1 Å². The number of nitrogens with one attached hydrogen (secondary N) is 1. The lowest BCUT2D eigenvalue weighted by Crippen LogP contribution is -2.36. The van der Waals surface area contributed by atoms with E-state index in [2.05, 4.69) is 24.0 Å². The van der Waals surface area contributed by atoms with E-state index in [1.54, 1.807) is 24.3 Å². The first kappa shape index (κ1) is 21.0. The Labute approximate surface area is 185 Å². The van der Waals surface area contributed by atoms with Gasteiger partial charge in [0.25, 0.3) is 5.91 Å². The van der Waals surface area contributed by atoms with E-state index in [1.807, 2.05) is 35.7 Å². The van der Waals surface area contributed by atoms with Crippen LogP contribution >= 0.6 is 11.3 Å². The second kappa shape index (κ2) is 9.27. The molecule has 1 aliphatic carbocycles. The Morgan fingerprint density at radius 1 is 1.26 bits per heavy atom. The van der Waals surface area contributed by atoms with Gasteiger partial charge in [-0.05, 0) is 60.9 Å². The van der Waals surface area contributed by atoms with E-state index in [0.717, 1.165) is 51.9 Å². The summed E-state index contributed by atoms with van der Waals surface area (Å²) < 4.78 is 5.58. The lowest BCUT2D eigenvalue weighted by Gasteiger charge is -2.23. The molecule has 0 bridgehead atoms. The van der Waals surface area contributed by atoms with Crippen LogP contribution in [-0.4, -0.2) is 29.5 Å². The fourth-order valence-electron chi connectivity index (χ4n) is 3.84. The Balaban J connectivity index is 1.77. The highest BCUT2D eigenvalue weighted by Gasteiger charge is 2.28. The third-order valence-electron chi connectivity index (χ3n) is 5.31. The first-order valence-corrected chi connectivity index (χ1v) is 11.2. The van der Waals surface area contributed by atoms with Gasteiger partial charge in [-0.25, -0.2) is 9.78 Å². The molecule has 0 aliphatic heterocycles. The molecule has 0 saturated heterocycles. The number of ether oxygens (including phenoxy) is 1. The molecule has 31 heavy (non-hydrogen) atoms. The summed E-state index contributed by atoms with van der Waals surface area (Å²) in [5.74, 6) is -0.841. The van der Waals surface area contributed by atoms with Crippen molar-refractivity contribution in [2.75, 3.05) is 6.54 Å². The van der Waals surface area contributed by atoms with Crippen molar-refractivity contribution in [1.29, 1.82) is 0 Å². The summed E-state index contributed by atoms with van der Waals surface area (Å²) in [6.45, 7) is 5.48. The molecule has 2 aromatic heterocycles. The van der Waals surface area contributed by atoms with Crippen LogP contribution in [0.25, 0.3) is 22.6 Å². The number of benzene rings is 1. The molecule has 1 N–H and O–H groups in total. The average molecular weight is 433 g/mol. The highest BCUT2D eigenvalue weighted by Crippen LogP contribution is 2.37. The molecule has 2 heterocycles. The Morgan fingerprint density at radius 3 is 2.87 bits per heavy atom. The monoisotopic (exact) mass is 432 g/mol. The molecule has 1 unspecified atom stereocenters. The van der Waals surface area contributed by atoms with Crippen molar-refractivity contribution in [3.63, 3.8) is 0 Å². The van der Waals surface area contributed by atoms with E-state index >= 15 is 0 Å². The van der Waals surface area contributed by atoms with Gasteiger partial charge in [-0.3, -0.25) is 4.79 Å². The van der Waals surface area contributed by atoms with E-state index in [1.165, 1.54) is 0 Å². The van der Waals surface area contributed by atoms with Gasteiger partial charge in [0.1, 0.15) is 0 Å². The van der Waals surface area contributed by atoms with Crippen molar-refractivity contribution in [1.82, 2.24) is 10.3 Å². The fourth-order valence-corrected chi connectivity index (χ4v) is 4.52. The summed E-state index contributed by atoms with van der Waals surface area (Å²) in [6, 6.07) is 11.7. The molecule has 1 aliphatic rings. The molecule has 3 aromatic rings. The number of para-hydroxylation sites is 1. The van der Waals surface area contributed by atoms with Crippen molar-refractivity contribution < 1.29 is 14.3 Å². The van der Waals surface area contributed by atoms with Crippen molar-refractivity contribution in [2.24, 2.45) is 0 Å². The molecule has 0 fully saturated rings. The summed E-state index contributed by atoms with van der Waals surface area (Å²) in [6.07, 6.45) is 5.42. The lowest BCUT2D eigenvalue weighted by atomic mass is 9.86. The number of esters is 1. The minimum atomic E-state index is -0.903. The number of hydrogen-bond donors (Lipinski definition) is 1. The zero-order valence-corrected chi connectivity index (χ0v) is 18.2. The Hall–Kier alpha value is -3.25. The van der Waals surface area contributed by atoms with Crippen LogP contribution in [0.4, 0.5) is 0 Å². The van der Waals surface area contributed by atoms with E-state index in [4.69, 9.17) is 9.72 Å². The maximum Gasteiger partial charge on any atom is 0.339 e. The first-order valence-electron chi connectivity index (χ1n) is 10.3. The molecule has 5 nitrogen and oxygen atoms in total. The van der Waals surface area contributed by atoms with Crippen LogP contribution < -0.4 is 5.32 Å². The largest absolute Gasteiger partial charge is 0.449 e. The van der Waals surface area contributed by atoms with Crippen LogP contribution in [0.3, 0.4) is 0 Å². The standard InChI is InChI=1S/C25H24N2O3S/c1-3-13-26-24(28)16(2)30-25(29)22-19-10-4-5-12-21(19)27-23-17(8-6-11-20(22)23)15-18-9-7-14-31-18/h3-5,7,9-10,12,14-16H,1,6,8,11,13H2,2H3,(H,26,28)/b17-15+. The smallest absolute Gasteiger partial charge is 0.339 e. The number of aromatic nitrogens is 1. The third kappa shape index (κ3) is 4.44. The van der Waals surface area contributed by atoms with Crippen molar-refractivity contribution in [3.05, 3.63) is 76.1 Å². The van der Waals surface area contributed by atoms with Crippen LogP contribution in [-0.2, 0) is 16.0 Å². The summed E-state index contributed by atoms with van der Waals surface area (Å²) in [7, 11) is 0. The predicted molar refractivity (Wildman–Crippen MR) is 125 cm³/mol. The molecule has 4 rings (SSSR count). The topological polar surface area (TPSA) is 68.3 Å². The van der Waals surface area contributed by atoms with Crippen LogP contribution in [0, 0.1) is 0 Å². The normalized spacial score (nSPS) is 15.3. The lowest BCUT2D eigenvalue weighted by molar-refractivity contribution is -0.128. The van der Waals surface area contributed by atoms with Crippen LogP contribution in [0.15, 0.2) is 54.4 Å². The van der Waals surface area contributed by atoms with Gasteiger partial charge >= 0.3 is 5.97 Å². The Bertz CT molecular complexity index is 1160. The number of hydrogen-bond acceptors (Lipinski definition) is 5. The maximum atomic E-state index is 13.3. The number of fused-ring (bicyclic) bond motifs is 2. The van der Waals surface area contributed by atoms with Gasteiger partial charge < -0.3 is 10.1 Å². The number of carbonyl (C=O) groups is 2. The molecule has 0 saturated carbocycles. The van der Waals surface area contributed by atoms with Gasteiger partial charge in [0.2, 0.25) is 0 Å². The number of carbonyl (C=O) groups excluding carboxylic acids is 2. The average Bonchev–Trinajstić information content (AvgIpc) is 3.29. The summed E-state index contributed by atoms with van der Waals surface area (Å²) in [4.78, 5) is 31.5. The van der Waals surface area contributed by atoms with Gasteiger partial charge in [0, 0.05) is 16.8 Å². The predicted octanol–water partition coefficient (Wildman–Crippen LogP) is 5.02. The summed E-state index contributed by atoms with van der Waals surface area (Å²) in [5.41, 5.74) is 4.14. The fraction of sp³-hybridized carbons (Fsp3) is 0.240. The summed E-state index contributed by atoms with van der Waals surface area (Å²) in [5, 5.41) is 5.47. The molecule has 1 amide bonds. The molecular weight excluding hydrogens is 408 g/mol. The SMILES string of the molecule is C=CCNC(=O)C(C)OC(=O)c1c2c(nc3ccccc13)/C(=C/c1cccs1)CCC2. The van der Waals surface area contributed by atoms with Crippen LogP contribution in [0.2, 0.25) is 0 Å². The van der Waals surface area contributed by atoms with Crippen molar-refractivity contribution in [3.8, 4) is 0 Å². The molecule has 158 valence electrons. The van der Waals surface area contributed by atoms with E-state index in [9.17, 15) is 9.59 Å². The quantitative estimate of drug-likeness (QED) is 0.439. The molecule has 6 heteroatoms. The van der Waals surface area contributed by atoms with Gasteiger partial charge in [-0.1, -0.05) is 30.3 Å². The van der Waals surface area contributed by atoms with Crippen LogP contribution in [0.1, 0.15) is 46.3 Å². The first-order chi connectivity index (χ1) is 15.1. The van der Waals surface area contributed by atoms with Crippen LogP contribution in [0.5, 0.6) is 0 Å². The highest BCUT2D eigenvalue weighted by molar-refractivity contribution is 7.10. The Kier molecular flexibility index (Phi) is 6.28. The minimum absolute atomic E-state index is 0.325. The number of allylic oxidation sites excluding steroid dienone is 1. The van der Waals surface area contributed by atoms with Crippen molar-refractivity contribution >= 4 is 45.8 Å². The van der Waals surface area contributed by atoms with Gasteiger partial charge in [0.15, 0.2) is 6.10 Å². The Morgan fingerprint density at radius 2 is 2.10 bits per heavy atom. The number of rotatable bonds is 6. The van der Waals surface area contributed by atoms with E-state index in [-0.39, 0.29) is 5.91 Å². The number of pyridine rings is 1. The molecule has 0 radical (unpaired) electrons. The zero-order chi connectivity index (χ0) is 21.8. The van der Waals surface area contributed by atoms with Crippen molar-refractivity contribution in [2.45, 2.75) is 32.3 Å². The summed E-state index contributed by atoms with van der Waals surface area (Å²) >= 11 is 1.68.